The van der Waals surface area contributed by atoms with Crippen molar-refractivity contribution in [2.45, 2.75) is 39.0 Å². The second-order valence-electron chi connectivity index (χ2n) is 5.24. The Morgan fingerprint density at radius 2 is 2.12 bits per heavy atom. The second-order valence-corrected chi connectivity index (χ2v) is 5.24. The van der Waals surface area contributed by atoms with Gasteiger partial charge in [-0.2, -0.15) is 5.26 Å². The number of nitriles is 1. The largest absolute Gasteiger partial charge is 0.369 e. The maximum Gasteiger partial charge on any atom is 0.142 e. The molecule has 0 amide bonds. The van der Waals surface area contributed by atoms with Gasteiger partial charge in [0.15, 0.2) is 0 Å². The molecule has 0 unspecified atom stereocenters. The molecule has 1 aliphatic carbocycles. The number of aromatic nitrogens is 1. The van der Waals surface area contributed by atoms with Gasteiger partial charge < -0.3 is 5.32 Å². The summed E-state index contributed by atoms with van der Waals surface area (Å²) in [5, 5.41) is 12.2. The third-order valence-electron chi connectivity index (χ3n) is 3.62. The Balaban J connectivity index is 1.95. The molecule has 1 fully saturated rings. The molecule has 2 rings (SSSR count). The van der Waals surface area contributed by atoms with E-state index >= 15 is 0 Å². The Labute approximate surface area is 103 Å². The average molecular weight is 229 g/mol. The van der Waals surface area contributed by atoms with E-state index in [2.05, 4.69) is 23.3 Å². The average Bonchev–Trinajstić information content (AvgIpc) is 2.38. The molecule has 1 aliphatic rings. The van der Waals surface area contributed by atoms with Gasteiger partial charge in [0.1, 0.15) is 17.6 Å². The molecule has 0 atom stereocenters. The molecule has 0 spiro atoms. The molecule has 90 valence electrons. The van der Waals surface area contributed by atoms with Gasteiger partial charge in [-0.25, -0.2) is 4.98 Å². The lowest BCUT2D eigenvalue weighted by atomic mass is 9.76. The molecule has 1 N–H and O–H groups in total. The van der Waals surface area contributed by atoms with E-state index in [1.54, 1.807) is 6.07 Å². The minimum absolute atomic E-state index is 0.391. The van der Waals surface area contributed by atoms with Crippen molar-refractivity contribution in [3.63, 3.8) is 0 Å². The molecule has 0 bridgehead atoms. The summed E-state index contributed by atoms with van der Waals surface area (Å²) in [5.74, 6) is 0.816. The van der Waals surface area contributed by atoms with E-state index in [4.69, 9.17) is 5.26 Å². The van der Waals surface area contributed by atoms with Crippen molar-refractivity contribution in [2.75, 3.05) is 11.9 Å². The summed E-state index contributed by atoms with van der Waals surface area (Å²) in [4.78, 5) is 4.23. The summed E-state index contributed by atoms with van der Waals surface area (Å²) in [6.45, 7) is 3.29. The van der Waals surface area contributed by atoms with Crippen LogP contribution in [-0.2, 0) is 0 Å². The molecular weight excluding hydrogens is 210 g/mol. The van der Waals surface area contributed by atoms with Gasteiger partial charge in [-0.05, 0) is 30.4 Å². The first-order chi connectivity index (χ1) is 8.22. The van der Waals surface area contributed by atoms with Crippen molar-refractivity contribution in [1.82, 2.24) is 4.98 Å². The van der Waals surface area contributed by atoms with Crippen LogP contribution in [0.25, 0.3) is 0 Å². The first-order valence-electron chi connectivity index (χ1n) is 6.33. The molecule has 17 heavy (non-hydrogen) atoms. The molecule has 1 aromatic rings. The molecule has 0 aliphatic heterocycles. The Morgan fingerprint density at radius 3 is 2.82 bits per heavy atom. The van der Waals surface area contributed by atoms with Crippen molar-refractivity contribution >= 4 is 5.82 Å². The maximum absolute atomic E-state index is 8.79. The number of anilines is 1. The highest BCUT2D eigenvalue weighted by atomic mass is 15.0. The number of hydrogen-bond acceptors (Lipinski definition) is 3. The van der Waals surface area contributed by atoms with E-state index in [1.807, 2.05) is 12.1 Å². The summed E-state index contributed by atoms with van der Waals surface area (Å²) in [6.07, 6.45) is 6.63. The highest BCUT2D eigenvalue weighted by Gasteiger charge is 2.26. The fourth-order valence-corrected chi connectivity index (χ4v) is 2.48. The topological polar surface area (TPSA) is 48.7 Å². The molecule has 1 saturated carbocycles. The summed E-state index contributed by atoms with van der Waals surface area (Å²) in [7, 11) is 0. The molecule has 1 heterocycles. The highest BCUT2D eigenvalue weighted by Crippen LogP contribution is 2.35. The summed E-state index contributed by atoms with van der Waals surface area (Å²) in [6, 6.07) is 7.59. The van der Waals surface area contributed by atoms with Crippen LogP contribution in [0.2, 0.25) is 0 Å². The minimum Gasteiger partial charge on any atom is -0.369 e. The number of hydrogen-bond donors (Lipinski definition) is 1. The third-order valence-corrected chi connectivity index (χ3v) is 3.62. The first-order valence-corrected chi connectivity index (χ1v) is 6.33. The first kappa shape index (κ1) is 11.9. The van der Waals surface area contributed by atoms with Crippen molar-refractivity contribution in [3.8, 4) is 6.07 Å². The minimum atomic E-state index is 0.391. The molecule has 0 radical (unpaired) electrons. The summed E-state index contributed by atoms with van der Waals surface area (Å²) < 4.78 is 0. The molecule has 3 heteroatoms. The SMILES string of the molecule is CC1(CNc2cccc(C#N)n2)CCCCC1. The normalized spacial score (nSPS) is 18.4. The number of rotatable bonds is 3. The van der Waals surface area contributed by atoms with Crippen LogP contribution >= 0.6 is 0 Å². The standard InChI is InChI=1S/C14H19N3/c1-14(8-3-2-4-9-14)11-16-13-7-5-6-12(10-15)17-13/h5-7H,2-4,8-9,11H2,1H3,(H,16,17). The zero-order chi connectivity index (χ0) is 12.1. The molecule has 3 nitrogen and oxygen atoms in total. The van der Waals surface area contributed by atoms with E-state index in [1.165, 1.54) is 32.1 Å². The lowest BCUT2D eigenvalue weighted by molar-refractivity contribution is 0.233. The van der Waals surface area contributed by atoms with E-state index in [0.29, 0.717) is 11.1 Å². The van der Waals surface area contributed by atoms with E-state index < -0.39 is 0 Å². The van der Waals surface area contributed by atoms with E-state index in [0.717, 1.165) is 12.4 Å². The van der Waals surface area contributed by atoms with Gasteiger partial charge in [0, 0.05) is 6.54 Å². The molecule has 1 aromatic heterocycles. The van der Waals surface area contributed by atoms with Crippen LogP contribution in [0.5, 0.6) is 0 Å². The van der Waals surface area contributed by atoms with Crippen molar-refractivity contribution in [1.29, 1.82) is 5.26 Å². The molecule has 0 aromatic carbocycles. The fourth-order valence-electron chi connectivity index (χ4n) is 2.48. The zero-order valence-electron chi connectivity index (χ0n) is 10.4. The van der Waals surface area contributed by atoms with Crippen LogP contribution in [0.1, 0.15) is 44.7 Å². The van der Waals surface area contributed by atoms with Crippen molar-refractivity contribution in [2.24, 2.45) is 5.41 Å². The van der Waals surface area contributed by atoms with Gasteiger partial charge in [-0.1, -0.05) is 32.3 Å². The Morgan fingerprint density at radius 1 is 1.35 bits per heavy atom. The van der Waals surface area contributed by atoms with Crippen LogP contribution in [0.15, 0.2) is 18.2 Å². The number of pyridine rings is 1. The highest BCUT2D eigenvalue weighted by molar-refractivity contribution is 5.38. The number of nitrogens with zero attached hydrogens (tertiary/aromatic N) is 2. The smallest absolute Gasteiger partial charge is 0.142 e. The predicted octanol–water partition coefficient (Wildman–Crippen LogP) is 3.34. The van der Waals surface area contributed by atoms with Gasteiger partial charge in [0.05, 0.1) is 0 Å². The van der Waals surface area contributed by atoms with Crippen LogP contribution in [0, 0.1) is 16.7 Å². The van der Waals surface area contributed by atoms with Crippen LogP contribution < -0.4 is 5.32 Å². The lowest BCUT2D eigenvalue weighted by Gasteiger charge is -2.33. The molecular formula is C14H19N3. The Bertz CT molecular complexity index is 414. The van der Waals surface area contributed by atoms with Gasteiger partial charge in [-0.3, -0.25) is 0 Å². The van der Waals surface area contributed by atoms with Gasteiger partial charge in [0.2, 0.25) is 0 Å². The second kappa shape index (κ2) is 5.18. The van der Waals surface area contributed by atoms with Crippen LogP contribution in [0.3, 0.4) is 0 Å². The Hall–Kier alpha value is -1.56. The quantitative estimate of drug-likeness (QED) is 0.864. The monoisotopic (exact) mass is 229 g/mol. The number of nitrogens with one attached hydrogen (secondary N) is 1. The molecule has 0 saturated heterocycles. The third kappa shape index (κ3) is 3.20. The fraction of sp³-hybridized carbons (Fsp3) is 0.571. The zero-order valence-corrected chi connectivity index (χ0v) is 10.4. The van der Waals surface area contributed by atoms with Crippen LogP contribution in [0.4, 0.5) is 5.82 Å². The van der Waals surface area contributed by atoms with Crippen molar-refractivity contribution < 1.29 is 0 Å². The van der Waals surface area contributed by atoms with E-state index in [-0.39, 0.29) is 0 Å². The predicted molar refractivity (Wildman–Crippen MR) is 68.6 cm³/mol. The van der Waals surface area contributed by atoms with Gasteiger partial charge >= 0.3 is 0 Å². The lowest BCUT2D eigenvalue weighted by Crippen LogP contribution is -2.29. The summed E-state index contributed by atoms with van der Waals surface area (Å²) >= 11 is 0. The van der Waals surface area contributed by atoms with E-state index in [9.17, 15) is 0 Å². The maximum atomic E-state index is 8.79. The van der Waals surface area contributed by atoms with Gasteiger partial charge in [-0.15, -0.1) is 0 Å². The summed E-state index contributed by atoms with van der Waals surface area (Å²) in [5.41, 5.74) is 0.867. The van der Waals surface area contributed by atoms with Crippen molar-refractivity contribution in [3.05, 3.63) is 23.9 Å². The Kier molecular flexibility index (Phi) is 3.63. The van der Waals surface area contributed by atoms with Crippen LogP contribution in [-0.4, -0.2) is 11.5 Å². The van der Waals surface area contributed by atoms with Gasteiger partial charge in [0.25, 0.3) is 0 Å².